The van der Waals surface area contributed by atoms with Gasteiger partial charge in [0.05, 0.1) is 0 Å². The number of alkyl halides is 1. The lowest BCUT2D eigenvalue weighted by Gasteiger charge is -2.42. The quantitative estimate of drug-likeness (QED) is 0.601. The molecule has 104 valence electrons. The second-order valence-electron chi connectivity index (χ2n) is 7.07. The highest BCUT2D eigenvalue weighted by Gasteiger charge is 2.36. The lowest BCUT2D eigenvalue weighted by atomic mass is 9.63. The van der Waals surface area contributed by atoms with Crippen LogP contribution in [0, 0.1) is 0 Å². The Kier molecular flexibility index (Phi) is 3.97. The summed E-state index contributed by atoms with van der Waals surface area (Å²) >= 11 is 3.49. The van der Waals surface area contributed by atoms with E-state index in [2.05, 4.69) is 74.8 Å². The van der Waals surface area contributed by atoms with E-state index in [0.29, 0.717) is 10.8 Å². The summed E-state index contributed by atoms with van der Waals surface area (Å²) in [5, 5.41) is 0.921. The summed E-state index contributed by atoms with van der Waals surface area (Å²) in [7, 11) is 0. The van der Waals surface area contributed by atoms with Crippen LogP contribution in [0.3, 0.4) is 0 Å². The number of fused-ring (bicyclic) bond motifs is 1. The van der Waals surface area contributed by atoms with Crippen molar-refractivity contribution in [3.63, 3.8) is 0 Å². The molecule has 1 aliphatic carbocycles. The van der Waals surface area contributed by atoms with E-state index >= 15 is 0 Å². The predicted octanol–water partition coefficient (Wildman–Crippen LogP) is 5.83. The molecule has 0 saturated heterocycles. The maximum Gasteiger partial charge on any atom is 0.0217 e. The largest absolute Gasteiger partial charge is 0.0883 e. The Morgan fingerprint density at radius 2 is 1.68 bits per heavy atom. The van der Waals surface area contributed by atoms with E-state index in [0.717, 1.165) is 5.33 Å². The molecule has 1 heteroatoms. The topological polar surface area (TPSA) is 0 Å². The molecule has 0 aliphatic heterocycles. The van der Waals surface area contributed by atoms with Gasteiger partial charge in [-0.05, 0) is 52.9 Å². The first-order chi connectivity index (χ1) is 8.78. The fourth-order valence-corrected chi connectivity index (χ4v) is 3.55. The van der Waals surface area contributed by atoms with Crippen LogP contribution in [0.25, 0.3) is 5.57 Å². The smallest absolute Gasteiger partial charge is 0.0217 e. The van der Waals surface area contributed by atoms with Crippen molar-refractivity contribution in [2.45, 2.75) is 58.3 Å². The van der Waals surface area contributed by atoms with E-state index in [9.17, 15) is 0 Å². The minimum absolute atomic E-state index is 0.301. The molecule has 0 N–H and O–H groups in total. The van der Waals surface area contributed by atoms with E-state index in [4.69, 9.17) is 0 Å². The lowest BCUT2D eigenvalue weighted by Crippen LogP contribution is -2.33. The normalized spacial score (nSPS) is 21.1. The van der Waals surface area contributed by atoms with E-state index < -0.39 is 0 Å². The molecule has 0 spiro atoms. The lowest BCUT2D eigenvalue weighted by molar-refractivity contribution is 0.332. The van der Waals surface area contributed by atoms with Gasteiger partial charge in [0.1, 0.15) is 0 Å². The summed E-state index contributed by atoms with van der Waals surface area (Å²) in [4.78, 5) is 0. The molecule has 0 heterocycles. The van der Waals surface area contributed by atoms with Crippen LogP contribution in [0.15, 0.2) is 24.3 Å². The van der Waals surface area contributed by atoms with Gasteiger partial charge in [0, 0.05) is 5.33 Å². The summed E-state index contributed by atoms with van der Waals surface area (Å²) in [6, 6.07) is 7.07. The molecule has 1 aromatic carbocycles. The summed E-state index contributed by atoms with van der Waals surface area (Å²) in [6.07, 6.45) is 4.79. The first kappa shape index (κ1) is 14.8. The van der Waals surface area contributed by atoms with E-state index in [1.807, 2.05) is 0 Å². The van der Waals surface area contributed by atoms with Gasteiger partial charge in [-0.25, -0.2) is 0 Å². The highest BCUT2D eigenvalue weighted by molar-refractivity contribution is 9.09. The van der Waals surface area contributed by atoms with Gasteiger partial charge in [0.2, 0.25) is 0 Å². The average Bonchev–Trinajstić information content (AvgIpc) is 2.35. The van der Waals surface area contributed by atoms with E-state index in [1.54, 1.807) is 11.1 Å². The number of allylic oxidation sites excluding steroid dienone is 2. The zero-order chi connectivity index (χ0) is 14.3. The minimum Gasteiger partial charge on any atom is -0.0883 e. The first-order valence-electron chi connectivity index (χ1n) is 7.16. The van der Waals surface area contributed by atoms with Gasteiger partial charge in [-0.3, -0.25) is 0 Å². The van der Waals surface area contributed by atoms with Crippen molar-refractivity contribution in [3.8, 4) is 0 Å². The zero-order valence-corrected chi connectivity index (χ0v) is 14.4. The Morgan fingerprint density at radius 3 is 2.26 bits per heavy atom. The molecular weight excluding hydrogens is 296 g/mol. The predicted molar refractivity (Wildman–Crippen MR) is 89.2 cm³/mol. The fourth-order valence-electron chi connectivity index (χ4n) is 3.07. The molecule has 1 aromatic rings. The second-order valence-corrected chi connectivity index (χ2v) is 7.72. The Balaban J connectivity index is 2.57. The molecular formula is C18H25Br. The number of hydrogen-bond donors (Lipinski definition) is 0. The third-order valence-electron chi connectivity index (χ3n) is 4.69. The Hall–Kier alpha value is -0.560. The molecule has 0 fully saturated rings. The van der Waals surface area contributed by atoms with Crippen LogP contribution in [-0.2, 0) is 10.8 Å². The summed E-state index contributed by atoms with van der Waals surface area (Å²) < 4.78 is 0. The van der Waals surface area contributed by atoms with Gasteiger partial charge < -0.3 is 0 Å². The number of hydrogen-bond acceptors (Lipinski definition) is 0. The van der Waals surface area contributed by atoms with Gasteiger partial charge in [0.25, 0.3) is 0 Å². The number of rotatable bonds is 2. The molecule has 0 bridgehead atoms. The molecule has 19 heavy (non-hydrogen) atoms. The van der Waals surface area contributed by atoms with E-state index in [-0.39, 0.29) is 0 Å². The van der Waals surface area contributed by atoms with Crippen LogP contribution in [0.4, 0.5) is 0 Å². The molecule has 0 radical (unpaired) electrons. The third-order valence-corrected chi connectivity index (χ3v) is 5.02. The zero-order valence-electron chi connectivity index (χ0n) is 12.8. The maximum absolute atomic E-state index is 3.49. The molecule has 0 aromatic heterocycles. The summed E-state index contributed by atoms with van der Waals surface area (Å²) in [5.74, 6) is 0. The molecule has 0 unspecified atom stereocenters. The molecule has 0 nitrogen and oxygen atoms in total. The van der Waals surface area contributed by atoms with Crippen LogP contribution in [0.2, 0.25) is 0 Å². The van der Waals surface area contributed by atoms with Crippen LogP contribution in [0.5, 0.6) is 0 Å². The highest BCUT2D eigenvalue weighted by atomic mass is 79.9. The van der Waals surface area contributed by atoms with Crippen LogP contribution in [-0.4, -0.2) is 5.33 Å². The van der Waals surface area contributed by atoms with Crippen LogP contribution >= 0.6 is 15.9 Å². The molecule has 2 rings (SSSR count). The first-order valence-corrected chi connectivity index (χ1v) is 8.28. The SMILES string of the molecule is C/C(=C/CBr)c1ccc2c(c1)C(C)(C)CCC2(C)C. The van der Waals surface area contributed by atoms with Crippen LogP contribution in [0.1, 0.15) is 64.2 Å². The molecule has 1 aliphatic rings. The maximum atomic E-state index is 3.49. The van der Waals surface area contributed by atoms with Crippen molar-refractivity contribution in [1.29, 1.82) is 0 Å². The van der Waals surface area contributed by atoms with Crippen molar-refractivity contribution in [2.75, 3.05) is 5.33 Å². The Morgan fingerprint density at radius 1 is 1.11 bits per heavy atom. The van der Waals surface area contributed by atoms with Crippen molar-refractivity contribution in [2.24, 2.45) is 0 Å². The van der Waals surface area contributed by atoms with Gasteiger partial charge in [-0.1, -0.05) is 67.9 Å². The van der Waals surface area contributed by atoms with E-state index in [1.165, 1.54) is 24.0 Å². The minimum atomic E-state index is 0.301. The van der Waals surface area contributed by atoms with Crippen molar-refractivity contribution in [3.05, 3.63) is 41.0 Å². The van der Waals surface area contributed by atoms with Crippen molar-refractivity contribution in [1.82, 2.24) is 0 Å². The summed E-state index contributed by atoms with van der Waals surface area (Å²) in [5.41, 5.74) is 6.43. The number of halogens is 1. The molecule has 0 atom stereocenters. The van der Waals surface area contributed by atoms with Gasteiger partial charge in [0.15, 0.2) is 0 Å². The molecule has 0 amide bonds. The van der Waals surface area contributed by atoms with Gasteiger partial charge >= 0.3 is 0 Å². The fraction of sp³-hybridized carbons (Fsp3) is 0.556. The standard InChI is InChI=1S/C18H25Br/c1-13(8-11-19)14-6-7-15-16(12-14)18(4,5)10-9-17(15,2)3/h6-8,12H,9-11H2,1-5H3/b13-8-. The number of benzene rings is 1. The highest BCUT2D eigenvalue weighted by Crippen LogP contribution is 2.46. The monoisotopic (exact) mass is 320 g/mol. The third kappa shape index (κ3) is 2.81. The van der Waals surface area contributed by atoms with Crippen LogP contribution < -0.4 is 0 Å². The second kappa shape index (κ2) is 5.09. The Labute approximate surface area is 126 Å². The molecule has 0 saturated carbocycles. The average molecular weight is 321 g/mol. The summed E-state index contributed by atoms with van der Waals surface area (Å²) in [6.45, 7) is 11.7. The van der Waals surface area contributed by atoms with Crippen molar-refractivity contribution < 1.29 is 0 Å². The van der Waals surface area contributed by atoms with Gasteiger partial charge in [-0.2, -0.15) is 0 Å². The van der Waals surface area contributed by atoms with Gasteiger partial charge in [-0.15, -0.1) is 0 Å². The Bertz CT molecular complexity index is 506. The van der Waals surface area contributed by atoms with Crippen molar-refractivity contribution >= 4 is 21.5 Å².